The summed E-state index contributed by atoms with van der Waals surface area (Å²) in [5.41, 5.74) is 0.532. The minimum atomic E-state index is -3.82. The number of ether oxygens (including phenoxy) is 1. The molecular formula is C20H20FN3O5S. The number of nitrogens with zero attached hydrogens (tertiary/aromatic N) is 2. The van der Waals surface area contributed by atoms with E-state index in [2.05, 4.69) is 5.32 Å². The summed E-state index contributed by atoms with van der Waals surface area (Å²) in [7, 11) is -3.82. The van der Waals surface area contributed by atoms with Gasteiger partial charge in [0.1, 0.15) is 11.6 Å². The number of hydrogen-bond acceptors (Lipinski definition) is 5. The Bertz CT molecular complexity index is 1110. The first-order valence-corrected chi connectivity index (χ1v) is 10.9. The molecule has 2 heterocycles. The third-order valence-electron chi connectivity index (χ3n) is 5.12. The van der Waals surface area contributed by atoms with Crippen LogP contribution in [0.25, 0.3) is 0 Å². The van der Waals surface area contributed by atoms with Gasteiger partial charge in [-0.25, -0.2) is 12.8 Å². The molecule has 0 saturated carbocycles. The van der Waals surface area contributed by atoms with Gasteiger partial charge in [-0.1, -0.05) is 6.07 Å². The summed E-state index contributed by atoms with van der Waals surface area (Å²) in [4.78, 5) is 25.9. The quantitative estimate of drug-likeness (QED) is 0.795. The lowest BCUT2D eigenvalue weighted by molar-refractivity contribution is -0.122. The lowest BCUT2D eigenvalue weighted by Gasteiger charge is -2.34. The smallest absolute Gasteiger partial charge is 0.265 e. The Kier molecular flexibility index (Phi) is 5.20. The first-order chi connectivity index (χ1) is 14.3. The molecule has 0 radical (unpaired) electrons. The zero-order valence-corrected chi connectivity index (χ0v) is 17.0. The number of sulfonamides is 1. The van der Waals surface area contributed by atoms with Crippen LogP contribution in [-0.4, -0.2) is 61.7 Å². The van der Waals surface area contributed by atoms with Crippen molar-refractivity contribution in [3.8, 4) is 5.75 Å². The van der Waals surface area contributed by atoms with Crippen LogP contribution in [0.2, 0.25) is 0 Å². The van der Waals surface area contributed by atoms with Crippen LogP contribution in [0, 0.1) is 5.82 Å². The normalized spacial score (nSPS) is 19.6. The average molecular weight is 433 g/mol. The molecule has 8 nitrogen and oxygen atoms in total. The number of benzene rings is 2. The van der Waals surface area contributed by atoms with Gasteiger partial charge >= 0.3 is 0 Å². The highest BCUT2D eigenvalue weighted by Crippen LogP contribution is 2.33. The van der Waals surface area contributed by atoms with Crippen molar-refractivity contribution >= 4 is 27.5 Å². The van der Waals surface area contributed by atoms with Crippen molar-refractivity contribution < 1.29 is 27.1 Å². The molecule has 2 aliphatic heterocycles. The van der Waals surface area contributed by atoms with Crippen molar-refractivity contribution in [2.45, 2.75) is 17.9 Å². The Hall–Kier alpha value is -2.98. The van der Waals surface area contributed by atoms with Gasteiger partial charge < -0.3 is 15.0 Å². The Morgan fingerprint density at radius 1 is 1.13 bits per heavy atom. The summed E-state index contributed by atoms with van der Waals surface area (Å²) in [6, 6.07) is 9.73. The number of anilines is 1. The second-order valence-electron chi connectivity index (χ2n) is 7.11. The molecule has 0 aromatic heterocycles. The molecule has 0 bridgehead atoms. The molecule has 10 heteroatoms. The third-order valence-corrected chi connectivity index (χ3v) is 7.01. The van der Waals surface area contributed by atoms with Crippen LogP contribution >= 0.6 is 0 Å². The van der Waals surface area contributed by atoms with E-state index in [-0.39, 0.29) is 48.5 Å². The zero-order chi connectivity index (χ0) is 21.5. The van der Waals surface area contributed by atoms with Crippen molar-refractivity contribution in [2.24, 2.45) is 0 Å². The monoisotopic (exact) mass is 433 g/mol. The number of halogens is 1. The minimum Gasteiger partial charge on any atom is -0.479 e. The average Bonchev–Trinajstić information content (AvgIpc) is 2.74. The van der Waals surface area contributed by atoms with Crippen molar-refractivity contribution in [2.75, 3.05) is 31.5 Å². The molecule has 0 unspecified atom stereocenters. The maximum absolute atomic E-state index is 13.4. The number of piperazine rings is 1. The Labute approximate surface area is 173 Å². The van der Waals surface area contributed by atoms with E-state index in [9.17, 15) is 22.4 Å². The zero-order valence-electron chi connectivity index (χ0n) is 16.2. The van der Waals surface area contributed by atoms with E-state index in [1.807, 2.05) is 0 Å². The van der Waals surface area contributed by atoms with Crippen LogP contribution < -0.4 is 10.1 Å². The first-order valence-electron chi connectivity index (χ1n) is 9.42. The van der Waals surface area contributed by atoms with Crippen LogP contribution in [0.4, 0.5) is 10.1 Å². The molecule has 2 aromatic carbocycles. The fraction of sp³-hybridized carbons (Fsp3) is 0.300. The molecule has 2 amide bonds. The van der Waals surface area contributed by atoms with Gasteiger partial charge in [-0.2, -0.15) is 4.31 Å². The molecule has 158 valence electrons. The summed E-state index contributed by atoms with van der Waals surface area (Å²) in [5, 5.41) is 2.64. The minimum absolute atomic E-state index is 0.0320. The van der Waals surface area contributed by atoms with Gasteiger partial charge in [0.05, 0.1) is 10.6 Å². The lowest BCUT2D eigenvalue weighted by atomic mass is 10.2. The summed E-state index contributed by atoms with van der Waals surface area (Å²) in [6.07, 6.45) is -0.649. The number of hydrogen-bond donors (Lipinski definition) is 1. The van der Waals surface area contributed by atoms with E-state index in [1.165, 1.54) is 45.6 Å². The van der Waals surface area contributed by atoms with Gasteiger partial charge in [0, 0.05) is 31.7 Å². The summed E-state index contributed by atoms with van der Waals surface area (Å²) in [5.74, 6) is -0.776. The van der Waals surface area contributed by atoms with E-state index in [0.717, 1.165) is 6.07 Å². The fourth-order valence-electron chi connectivity index (χ4n) is 3.43. The molecule has 2 aromatic rings. The van der Waals surface area contributed by atoms with Gasteiger partial charge in [0.15, 0.2) is 6.10 Å². The maximum Gasteiger partial charge on any atom is 0.265 e. The predicted molar refractivity (Wildman–Crippen MR) is 106 cm³/mol. The third kappa shape index (κ3) is 3.75. The highest BCUT2D eigenvalue weighted by molar-refractivity contribution is 7.89. The van der Waals surface area contributed by atoms with Crippen molar-refractivity contribution in [3.63, 3.8) is 0 Å². The number of carbonyl (C=O) groups is 2. The van der Waals surface area contributed by atoms with E-state index < -0.39 is 21.9 Å². The number of fused-ring (bicyclic) bond motifs is 1. The Morgan fingerprint density at radius 2 is 1.87 bits per heavy atom. The highest BCUT2D eigenvalue weighted by Gasteiger charge is 2.32. The van der Waals surface area contributed by atoms with Gasteiger partial charge in [-0.15, -0.1) is 0 Å². The van der Waals surface area contributed by atoms with E-state index in [1.54, 1.807) is 6.92 Å². The van der Waals surface area contributed by atoms with Crippen LogP contribution in [-0.2, 0) is 14.8 Å². The number of carbonyl (C=O) groups excluding carboxylic acids is 2. The highest BCUT2D eigenvalue weighted by atomic mass is 32.2. The molecule has 0 spiro atoms. The molecule has 1 fully saturated rings. The van der Waals surface area contributed by atoms with Gasteiger partial charge in [0.2, 0.25) is 10.0 Å². The van der Waals surface area contributed by atoms with Gasteiger partial charge in [-0.05, 0) is 43.3 Å². The number of nitrogens with one attached hydrogen (secondary N) is 1. The molecule has 2 aliphatic rings. The van der Waals surface area contributed by atoms with E-state index in [0.29, 0.717) is 11.4 Å². The molecule has 0 aliphatic carbocycles. The lowest BCUT2D eigenvalue weighted by Crippen LogP contribution is -2.50. The number of rotatable bonds is 3. The fourth-order valence-corrected chi connectivity index (χ4v) is 4.88. The second-order valence-corrected chi connectivity index (χ2v) is 9.05. The molecular weight excluding hydrogens is 413 g/mol. The Balaban J connectivity index is 1.47. The van der Waals surface area contributed by atoms with Crippen molar-refractivity contribution in [1.82, 2.24) is 9.21 Å². The molecule has 4 rings (SSSR count). The van der Waals surface area contributed by atoms with Crippen molar-refractivity contribution in [1.29, 1.82) is 0 Å². The molecule has 1 saturated heterocycles. The SMILES string of the molecule is C[C@H]1Oc2ccc(S(=O)(=O)N3CCN(C(=O)c4cccc(F)c4)CC3)cc2NC1=O. The Morgan fingerprint density at radius 3 is 2.57 bits per heavy atom. The van der Waals surface area contributed by atoms with Crippen LogP contribution in [0.3, 0.4) is 0 Å². The largest absolute Gasteiger partial charge is 0.479 e. The van der Waals surface area contributed by atoms with Crippen LogP contribution in [0.5, 0.6) is 5.75 Å². The van der Waals surface area contributed by atoms with Crippen LogP contribution in [0.1, 0.15) is 17.3 Å². The van der Waals surface area contributed by atoms with Gasteiger partial charge in [0.25, 0.3) is 11.8 Å². The second kappa shape index (κ2) is 7.69. The summed E-state index contributed by atoms with van der Waals surface area (Å²) < 4.78 is 46.2. The maximum atomic E-state index is 13.4. The molecule has 1 N–H and O–H groups in total. The number of amides is 2. The first kappa shape index (κ1) is 20.3. The predicted octanol–water partition coefficient (Wildman–Crippen LogP) is 1.69. The molecule has 30 heavy (non-hydrogen) atoms. The van der Waals surface area contributed by atoms with Gasteiger partial charge in [-0.3, -0.25) is 9.59 Å². The summed E-state index contributed by atoms with van der Waals surface area (Å²) >= 11 is 0. The summed E-state index contributed by atoms with van der Waals surface area (Å²) in [6.45, 7) is 2.21. The standard InChI is InChI=1S/C20H20FN3O5S/c1-13-19(25)22-17-12-16(5-6-18(17)29-13)30(27,28)24-9-7-23(8-10-24)20(26)14-3-2-4-15(21)11-14/h2-6,11-13H,7-10H2,1H3,(H,22,25)/t13-/m1/s1. The topological polar surface area (TPSA) is 96.0 Å². The van der Waals surface area contributed by atoms with E-state index in [4.69, 9.17) is 4.74 Å². The van der Waals surface area contributed by atoms with Crippen molar-refractivity contribution in [3.05, 3.63) is 53.8 Å². The van der Waals surface area contributed by atoms with E-state index >= 15 is 0 Å². The van der Waals surface area contributed by atoms with Crippen LogP contribution in [0.15, 0.2) is 47.4 Å². The molecule has 1 atom stereocenters.